The molecule has 112 valence electrons. The van der Waals surface area contributed by atoms with E-state index in [1.54, 1.807) is 4.90 Å². The number of hydrogen-bond acceptors (Lipinski definition) is 6. The second-order valence-corrected chi connectivity index (χ2v) is 5.95. The van der Waals surface area contributed by atoms with Gasteiger partial charge in [0.15, 0.2) is 0 Å². The molecule has 1 amide bonds. The molecule has 2 aliphatic heterocycles. The molecule has 1 N–H and O–H groups in total. The maximum atomic E-state index is 12.0. The summed E-state index contributed by atoms with van der Waals surface area (Å²) in [4.78, 5) is 24.4. The van der Waals surface area contributed by atoms with Crippen LogP contribution in [0.3, 0.4) is 0 Å². The van der Waals surface area contributed by atoms with Crippen LogP contribution in [0.4, 0.5) is 4.79 Å². The van der Waals surface area contributed by atoms with Crippen molar-refractivity contribution in [2.45, 2.75) is 33.3 Å². The van der Waals surface area contributed by atoms with Gasteiger partial charge in [-0.05, 0) is 27.7 Å². The monoisotopic (exact) mass is 281 g/mol. The van der Waals surface area contributed by atoms with E-state index in [-0.39, 0.29) is 6.09 Å². The van der Waals surface area contributed by atoms with E-state index in [0.29, 0.717) is 19.8 Å². The van der Waals surface area contributed by atoms with Gasteiger partial charge in [0.25, 0.3) is 0 Å². The number of carbonyl (C=O) groups excluding carboxylic acids is 1. The first-order valence-corrected chi connectivity index (χ1v) is 6.90. The molecule has 0 aromatic carbocycles. The Labute approximate surface area is 119 Å². The first-order valence-electron chi connectivity index (χ1n) is 6.90. The lowest BCUT2D eigenvalue weighted by Gasteiger charge is -2.37. The number of guanidine groups is 1. The van der Waals surface area contributed by atoms with Crippen LogP contribution in [0.2, 0.25) is 0 Å². The molecule has 0 aromatic rings. The number of ether oxygens (including phenoxy) is 1. The van der Waals surface area contributed by atoms with Crippen molar-refractivity contribution in [3.63, 3.8) is 0 Å². The van der Waals surface area contributed by atoms with Gasteiger partial charge in [-0.25, -0.2) is 14.8 Å². The number of rotatable bonds is 0. The number of carbonyl (C=O) groups is 1. The average Bonchev–Trinajstić information content (AvgIpc) is 2.37. The third-order valence-electron chi connectivity index (χ3n) is 3.05. The first kappa shape index (κ1) is 14.6. The molecule has 1 saturated heterocycles. The lowest BCUT2D eigenvalue weighted by molar-refractivity contribution is 0.0185. The van der Waals surface area contributed by atoms with Crippen molar-refractivity contribution >= 4 is 17.9 Å². The van der Waals surface area contributed by atoms with Crippen molar-refractivity contribution in [1.29, 1.82) is 0 Å². The zero-order valence-electron chi connectivity index (χ0n) is 12.6. The predicted octanol–water partition coefficient (Wildman–Crippen LogP) is 0.874. The van der Waals surface area contributed by atoms with Crippen LogP contribution >= 0.6 is 0 Å². The molecule has 0 atom stereocenters. The summed E-state index contributed by atoms with van der Waals surface area (Å²) in [5.41, 5.74) is -0.448. The van der Waals surface area contributed by atoms with Crippen molar-refractivity contribution in [3.8, 4) is 0 Å². The molecule has 20 heavy (non-hydrogen) atoms. The quantitative estimate of drug-likeness (QED) is 0.715. The molecular formula is C13H23N5O2. The van der Waals surface area contributed by atoms with Gasteiger partial charge in [-0.1, -0.05) is 0 Å². The van der Waals surface area contributed by atoms with Crippen molar-refractivity contribution in [1.82, 2.24) is 15.1 Å². The Hall–Kier alpha value is -1.79. The van der Waals surface area contributed by atoms with Gasteiger partial charge in [0.1, 0.15) is 18.1 Å². The van der Waals surface area contributed by atoms with Crippen LogP contribution in [0.15, 0.2) is 9.98 Å². The van der Waals surface area contributed by atoms with Gasteiger partial charge in [-0.2, -0.15) is 0 Å². The van der Waals surface area contributed by atoms with Crippen LogP contribution in [-0.2, 0) is 4.74 Å². The Kier molecular flexibility index (Phi) is 4.15. The van der Waals surface area contributed by atoms with Gasteiger partial charge < -0.3 is 19.9 Å². The molecule has 2 rings (SSSR count). The molecular weight excluding hydrogens is 258 g/mol. The molecule has 1 fully saturated rings. The van der Waals surface area contributed by atoms with Gasteiger partial charge in [-0.3, -0.25) is 0 Å². The average molecular weight is 281 g/mol. The fourth-order valence-corrected chi connectivity index (χ4v) is 2.06. The Bertz CT molecular complexity index is 431. The van der Waals surface area contributed by atoms with Crippen LogP contribution in [0.1, 0.15) is 27.7 Å². The number of amides is 1. The zero-order valence-corrected chi connectivity index (χ0v) is 12.6. The molecule has 0 aliphatic carbocycles. The SMILES string of the molecule is CC1=NCN=C(N2CCN(C(=O)OC(C)(C)C)CC2)N1. The van der Waals surface area contributed by atoms with Crippen LogP contribution in [0.25, 0.3) is 0 Å². The van der Waals surface area contributed by atoms with E-state index < -0.39 is 5.60 Å². The summed E-state index contributed by atoms with van der Waals surface area (Å²) in [6, 6.07) is 0. The highest BCUT2D eigenvalue weighted by molar-refractivity contribution is 5.99. The minimum Gasteiger partial charge on any atom is -0.444 e. The van der Waals surface area contributed by atoms with E-state index in [9.17, 15) is 4.79 Å². The van der Waals surface area contributed by atoms with Gasteiger partial charge in [0.05, 0.1) is 0 Å². The molecule has 7 nitrogen and oxygen atoms in total. The minimum atomic E-state index is -0.448. The van der Waals surface area contributed by atoms with E-state index in [2.05, 4.69) is 20.2 Å². The number of amidine groups is 1. The van der Waals surface area contributed by atoms with Crippen molar-refractivity contribution in [3.05, 3.63) is 0 Å². The number of piperazine rings is 1. The Morgan fingerprint density at radius 2 is 1.85 bits per heavy atom. The summed E-state index contributed by atoms with van der Waals surface area (Å²) in [6.07, 6.45) is -0.242. The molecule has 0 saturated carbocycles. The number of aliphatic imine (C=N–C) groups is 2. The summed E-state index contributed by atoms with van der Waals surface area (Å²) in [6.45, 7) is 10.8. The molecule has 0 aromatic heterocycles. The standard InChI is InChI=1S/C13H23N5O2/c1-10-14-9-15-11(16-10)17-5-7-18(8-6-17)12(19)20-13(2,3)4/h5-9H2,1-4H3,(H,14,15,16). The van der Waals surface area contributed by atoms with Crippen LogP contribution in [0, 0.1) is 0 Å². The van der Waals surface area contributed by atoms with E-state index in [1.807, 2.05) is 27.7 Å². The van der Waals surface area contributed by atoms with E-state index in [0.717, 1.165) is 24.9 Å². The predicted molar refractivity (Wildman–Crippen MR) is 77.9 cm³/mol. The Morgan fingerprint density at radius 3 is 2.40 bits per heavy atom. The summed E-state index contributed by atoms with van der Waals surface area (Å²) < 4.78 is 5.38. The van der Waals surface area contributed by atoms with Crippen molar-refractivity contribution < 1.29 is 9.53 Å². The summed E-state index contributed by atoms with van der Waals surface area (Å²) >= 11 is 0. The van der Waals surface area contributed by atoms with Gasteiger partial charge in [-0.15, -0.1) is 0 Å². The second kappa shape index (κ2) is 5.68. The zero-order chi connectivity index (χ0) is 14.8. The van der Waals surface area contributed by atoms with E-state index in [4.69, 9.17) is 4.74 Å². The fourth-order valence-electron chi connectivity index (χ4n) is 2.06. The largest absolute Gasteiger partial charge is 0.444 e. The number of nitrogens with zero attached hydrogens (tertiary/aromatic N) is 4. The number of hydrogen-bond donors (Lipinski definition) is 1. The maximum absolute atomic E-state index is 12.0. The van der Waals surface area contributed by atoms with Gasteiger partial charge in [0, 0.05) is 26.2 Å². The Balaban J connectivity index is 1.84. The van der Waals surface area contributed by atoms with E-state index >= 15 is 0 Å². The number of nitrogens with one attached hydrogen (secondary N) is 1. The molecule has 2 heterocycles. The van der Waals surface area contributed by atoms with Crippen molar-refractivity contribution in [2.24, 2.45) is 9.98 Å². The highest BCUT2D eigenvalue weighted by Crippen LogP contribution is 2.12. The molecule has 0 radical (unpaired) electrons. The van der Waals surface area contributed by atoms with Crippen LogP contribution < -0.4 is 5.32 Å². The summed E-state index contributed by atoms with van der Waals surface area (Å²) in [5, 5.41) is 3.16. The van der Waals surface area contributed by atoms with Gasteiger partial charge in [0.2, 0.25) is 5.96 Å². The fraction of sp³-hybridized carbons (Fsp3) is 0.769. The summed E-state index contributed by atoms with van der Waals surface area (Å²) in [5.74, 6) is 1.73. The highest BCUT2D eigenvalue weighted by Gasteiger charge is 2.27. The third kappa shape index (κ3) is 3.85. The topological polar surface area (TPSA) is 69.5 Å². The van der Waals surface area contributed by atoms with Crippen LogP contribution in [0.5, 0.6) is 0 Å². The molecule has 0 spiro atoms. The molecule has 0 bridgehead atoms. The van der Waals surface area contributed by atoms with Crippen LogP contribution in [-0.4, -0.2) is 66.1 Å². The third-order valence-corrected chi connectivity index (χ3v) is 3.05. The second-order valence-electron chi connectivity index (χ2n) is 5.95. The molecule has 2 aliphatic rings. The highest BCUT2D eigenvalue weighted by atomic mass is 16.6. The lowest BCUT2D eigenvalue weighted by Crippen LogP contribution is -2.55. The lowest BCUT2D eigenvalue weighted by atomic mass is 10.2. The molecule has 0 unspecified atom stereocenters. The van der Waals surface area contributed by atoms with Crippen molar-refractivity contribution in [2.75, 3.05) is 32.8 Å². The Morgan fingerprint density at radius 1 is 1.20 bits per heavy atom. The smallest absolute Gasteiger partial charge is 0.410 e. The van der Waals surface area contributed by atoms with Gasteiger partial charge >= 0.3 is 6.09 Å². The maximum Gasteiger partial charge on any atom is 0.410 e. The first-order chi connectivity index (χ1) is 9.35. The molecule has 7 heteroatoms. The van der Waals surface area contributed by atoms with E-state index in [1.165, 1.54) is 0 Å². The normalized spacial score (nSPS) is 20.0. The minimum absolute atomic E-state index is 0.242. The summed E-state index contributed by atoms with van der Waals surface area (Å²) in [7, 11) is 0.